The van der Waals surface area contributed by atoms with Crippen LogP contribution in [-0.4, -0.2) is 41.5 Å². The molecule has 4 fully saturated rings. The number of anilines is 1. The molecule has 122 valence electrons. The molecule has 2 bridgehead atoms. The summed E-state index contributed by atoms with van der Waals surface area (Å²) in [5.41, 5.74) is 0.412. The van der Waals surface area contributed by atoms with Crippen LogP contribution in [0.3, 0.4) is 0 Å². The molecule has 0 aromatic heterocycles. The van der Waals surface area contributed by atoms with Crippen molar-refractivity contribution in [3.05, 3.63) is 42.5 Å². The van der Waals surface area contributed by atoms with Crippen LogP contribution >= 0.6 is 0 Å². The average molecular weight is 312 g/mol. The topological polar surface area (TPSA) is 44.7 Å². The van der Waals surface area contributed by atoms with Crippen molar-refractivity contribution in [3.63, 3.8) is 0 Å². The van der Waals surface area contributed by atoms with E-state index in [9.17, 15) is 5.11 Å². The summed E-state index contributed by atoms with van der Waals surface area (Å²) in [5.74, 6) is 1.24. The highest BCUT2D eigenvalue weighted by Crippen LogP contribution is 2.57. The molecule has 4 nitrogen and oxygen atoms in total. The molecule has 0 spiro atoms. The Kier molecular flexibility index (Phi) is 2.80. The second-order valence-electron chi connectivity index (χ2n) is 7.56. The SMILES string of the molecule is C=C[C@@H]1CN2CC[C@H]1C[C@@H]2[C@]12Nc3ccccc3[C@]1(O)CCO2. The number of piperidine rings is 3. The van der Waals surface area contributed by atoms with Crippen LogP contribution in [0.15, 0.2) is 36.9 Å². The van der Waals surface area contributed by atoms with Crippen LogP contribution < -0.4 is 5.32 Å². The minimum atomic E-state index is -0.921. The maximum absolute atomic E-state index is 11.6. The number of nitrogens with zero attached hydrogens (tertiary/aromatic N) is 1. The lowest BCUT2D eigenvalue weighted by Crippen LogP contribution is -2.68. The molecule has 1 aromatic rings. The molecule has 0 amide bonds. The number of nitrogens with one attached hydrogen (secondary N) is 1. The largest absolute Gasteiger partial charge is 0.380 e. The molecule has 0 aliphatic carbocycles. The zero-order valence-electron chi connectivity index (χ0n) is 13.4. The van der Waals surface area contributed by atoms with Crippen LogP contribution in [-0.2, 0) is 10.3 Å². The fourth-order valence-corrected chi connectivity index (χ4v) is 5.51. The Bertz CT molecular complexity index is 663. The van der Waals surface area contributed by atoms with Crippen LogP contribution in [0.4, 0.5) is 5.69 Å². The number of para-hydroxylation sites is 1. The molecular formula is C19H24N2O2. The molecule has 5 aliphatic heterocycles. The van der Waals surface area contributed by atoms with E-state index in [1.165, 1.54) is 6.42 Å². The minimum Gasteiger partial charge on any atom is -0.380 e. The summed E-state index contributed by atoms with van der Waals surface area (Å²) in [4.78, 5) is 2.52. The fourth-order valence-electron chi connectivity index (χ4n) is 5.51. The van der Waals surface area contributed by atoms with Gasteiger partial charge in [-0.15, -0.1) is 6.58 Å². The highest BCUT2D eigenvalue weighted by molar-refractivity contribution is 5.63. The van der Waals surface area contributed by atoms with Gasteiger partial charge in [-0.2, -0.15) is 0 Å². The second kappa shape index (κ2) is 4.59. The first-order valence-electron chi connectivity index (χ1n) is 8.78. The van der Waals surface area contributed by atoms with Gasteiger partial charge in [-0.25, -0.2) is 0 Å². The first-order chi connectivity index (χ1) is 11.2. The molecule has 6 atom stereocenters. The normalized spacial score (nSPS) is 47.0. The third-order valence-electron chi connectivity index (χ3n) is 6.68. The lowest BCUT2D eigenvalue weighted by Gasteiger charge is -2.55. The summed E-state index contributed by atoms with van der Waals surface area (Å²) in [5, 5.41) is 15.2. The molecule has 4 saturated heterocycles. The van der Waals surface area contributed by atoms with Crippen LogP contribution in [0, 0.1) is 11.8 Å². The number of benzene rings is 1. The molecule has 5 heterocycles. The first kappa shape index (κ1) is 14.0. The molecule has 6 rings (SSSR count). The Morgan fingerprint density at radius 1 is 1.39 bits per heavy atom. The standard InChI is InChI=1S/C19H24N2O2/c1-2-13-12-21-9-7-14(13)11-17(21)19-18(22,8-10-23-19)15-5-3-4-6-16(15)20-19/h2-6,13-14,17,20,22H,1,7-12H2/t13-,14+,17-,18-,19-/m1/s1. The van der Waals surface area contributed by atoms with E-state index in [2.05, 4.69) is 28.9 Å². The summed E-state index contributed by atoms with van der Waals surface area (Å²) in [6, 6.07) is 8.35. The molecule has 0 saturated carbocycles. The molecule has 1 aromatic carbocycles. The van der Waals surface area contributed by atoms with Crippen molar-refractivity contribution >= 4 is 5.69 Å². The molecule has 23 heavy (non-hydrogen) atoms. The average Bonchev–Trinajstić information content (AvgIpc) is 3.05. The van der Waals surface area contributed by atoms with Gasteiger partial charge in [-0.3, -0.25) is 4.90 Å². The van der Waals surface area contributed by atoms with Gasteiger partial charge < -0.3 is 15.2 Å². The van der Waals surface area contributed by atoms with Crippen LogP contribution in [0.1, 0.15) is 24.8 Å². The monoisotopic (exact) mass is 312 g/mol. The van der Waals surface area contributed by atoms with Crippen molar-refractivity contribution in [2.75, 3.05) is 25.0 Å². The van der Waals surface area contributed by atoms with E-state index in [0.717, 1.165) is 30.8 Å². The third kappa shape index (κ3) is 1.61. The van der Waals surface area contributed by atoms with Crippen molar-refractivity contribution in [2.24, 2.45) is 11.8 Å². The second-order valence-corrected chi connectivity index (χ2v) is 7.56. The summed E-state index contributed by atoms with van der Waals surface area (Å²) >= 11 is 0. The summed E-state index contributed by atoms with van der Waals surface area (Å²) in [7, 11) is 0. The maximum atomic E-state index is 11.6. The van der Waals surface area contributed by atoms with Crippen LogP contribution in [0.25, 0.3) is 0 Å². The number of fused-ring (bicyclic) bond motifs is 7. The molecule has 5 aliphatic rings. The summed E-state index contributed by atoms with van der Waals surface area (Å²) < 4.78 is 6.28. The predicted molar refractivity (Wildman–Crippen MR) is 89.0 cm³/mol. The number of ether oxygens (including phenoxy) is 1. The highest BCUT2D eigenvalue weighted by atomic mass is 16.5. The summed E-state index contributed by atoms with van der Waals surface area (Å²) in [6.45, 7) is 6.76. The van der Waals surface area contributed by atoms with Crippen molar-refractivity contribution in [1.29, 1.82) is 0 Å². The Morgan fingerprint density at radius 2 is 2.26 bits per heavy atom. The summed E-state index contributed by atoms with van der Waals surface area (Å²) in [6.07, 6.45) is 5.08. The zero-order valence-corrected chi connectivity index (χ0v) is 13.4. The Labute approximate surface area is 137 Å². The van der Waals surface area contributed by atoms with E-state index in [1.54, 1.807) is 0 Å². The first-order valence-corrected chi connectivity index (χ1v) is 8.78. The van der Waals surface area contributed by atoms with Gasteiger partial charge in [0, 0.05) is 24.2 Å². The Balaban J connectivity index is 1.57. The van der Waals surface area contributed by atoms with Crippen LogP contribution in [0.2, 0.25) is 0 Å². The van der Waals surface area contributed by atoms with Gasteiger partial charge in [0.15, 0.2) is 5.72 Å². The highest BCUT2D eigenvalue weighted by Gasteiger charge is 2.67. The van der Waals surface area contributed by atoms with Crippen molar-refractivity contribution in [2.45, 2.75) is 36.6 Å². The lowest BCUT2D eigenvalue weighted by molar-refractivity contribution is -0.168. The Morgan fingerprint density at radius 3 is 3.04 bits per heavy atom. The van der Waals surface area contributed by atoms with Crippen LogP contribution in [0.5, 0.6) is 0 Å². The predicted octanol–water partition coefficient (Wildman–Crippen LogP) is 2.31. The maximum Gasteiger partial charge on any atom is 0.187 e. The van der Waals surface area contributed by atoms with Gasteiger partial charge >= 0.3 is 0 Å². The van der Waals surface area contributed by atoms with Crippen molar-refractivity contribution < 1.29 is 9.84 Å². The molecule has 2 N–H and O–H groups in total. The van der Waals surface area contributed by atoms with E-state index in [1.807, 2.05) is 18.2 Å². The van der Waals surface area contributed by atoms with Gasteiger partial charge in [0.25, 0.3) is 0 Å². The third-order valence-corrected chi connectivity index (χ3v) is 6.68. The fraction of sp³-hybridized carbons (Fsp3) is 0.579. The zero-order chi connectivity index (χ0) is 15.7. The molecule has 0 radical (unpaired) electrons. The van der Waals surface area contributed by atoms with Gasteiger partial charge in [0.2, 0.25) is 0 Å². The quantitative estimate of drug-likeness (QED) is 0.823. The minimum absolute atomic E-state index is 0.220. The van der Waals surface area contributed by atoms with Crippen molar-refractivity contribution in [3.8, 4) is 0 Å². The number of aliphatic hydroxyl groups is 1. The van der Waals surface area contributed by atoms with Crippen molar-refractivity contribution in [1.82, 2.24) is 4.90 Å². The van der Waals surface area contributed by atoms with E-state index < -0.39 is 11.3 Å². The van der Waals surface area contributed by atoms with Gasteiger partial charge in [-0.1, -0.05) is 24.3 Å². The molecular weight excluding hydrogens is 288 g/mol. The van der Waals surface area contributed by atoms with E-state index in [0.29, 0.717) is 24.9 Å². The molecule has 4 heteroatoms. The van der Waals surface area contributed by atoms with E-state index in [-0.39, 0.29) is 6.04 Å². The van der Waals surface area contributed by atoms with Gasteiger partial charge in [0.05, 0.1) is 12.6 Å². The van der Waals surface area contributed by atoms with E-state index >= 15 is 0 Å². The van der Waals surface area contributed by atoms with Gasteiger partial charge in [0.1, 0.15) is 5.60 Å². The van der Waals surface area contributed by atoms with Gasteiger partial charge in [-0.05, 0) is 37.3 Å². The number of rotatable bonds is 2. The smallest absolute Gasteiger partial charge is 0.187 e. The number of hydrogen-bond donors (Lipinski definition) is 2. The molecule has 1 unspecified atom stereocenters. The van der Waals surface area contributed by atoms with E-state index in [4.69, 9.17) is 4.74 Å². The lowest BCUT2D eigenvalue weighted by atomic mass is 9.70. The Hall–Kier alpha value is -1.36. The number of hydrogen-bond acceptors (Lipinski definition) is 4.